The minimum absolute atomic E-state index is 0.114. The molecule has 0 radical (unpaired) electrons. The summed E-state index contributed by atoms with van der Waals surface area (Å²) in [6.45, 7) is 5.72. The largest absolute Gasteiger partial charge is 0.462 e. The highest BCUT2D eigenvalue weighted by Gasteiger charge is 2.23. The fourth-order valence-electron chi connectivity index (χ4n) is 1.89. The van der Waals surface area contributed by atoms with Gasteiger partial charge in [0, 0.05) is 11.1 Å². The van der Waals surface area contributed by atoms with Crippen molar-refractivity contribution in [2.75, 3.05) is 11.9 Å². The number of ether oxygens (including phenoxy) is 1. The maximum atomic E-state index is 12.3. The highest BCUT2D eigenvalue weighted by atomic mass is 35.5. The van der Waals surface area contributed by atoms with Gasteiger partial charge in [-0.3, -0.25) is 4.79 Å². The Morgan fingerprint density at radius 2 is 2.14 bits per heavy atom. The zero-order valence-electron chi connectivity index (χ0n) is 12.4. The van der Waals surface area contributed by atoms with Gasteiger partial charge in [-0.2, -0.15) is 0 Å². The summed E-state index contributed by atoms with van der Waals surface area (Å²) < 4.78 is 5.05. The highest BCUT2D eigenvalue weighted by Crippen LogP contribution is 2.33. The molecular formula is C15H15ClN2O3S. The SMILES string of the molecule is CCOC(=O)c1c(NC(=O)c2cccnc2Cl)sc(C)c1C. The molecule has 0 atom stereocenters. The van der Waals surface area contributed by atoms with Crippen molar-refractivity contribution in [2.24, 2.45) is 0 Å². The normalized spacial score (nSPS) is 10.4. The molecule has 2 aromatic rings. The second-order valence-electron chi connectivity index (χ2n) is 4.50. The van der Waals surface area contributed by atoms with Crippen LogP contribution in [0.15, 0.2) is 18.3 Å². The van der Waals surface area contributed by atoms with E-state index in [0.29, 0.717) is 10.6 Å². The van der Waals surface area contributed by atoms with Gasteiger partial charge in [-0.1, -0.05) is 11.6 Å². The van der Waals surface area contributed by atoms with Crippen LogP contribution in [-0.4, -0.2) is 23.5 Å². The molecule has 0 unspecified atom stereocenters. The molecule has 1 N–H and O–H groups in total. The number of thiophene rings is 1. The molecule has 0 saturated carbocycles. The van der Waals surface area contributed by atoms with Crippen LogP contribution in [0.4, 0.5) is 5.00 Å². The number of aromatic nitrogens is 1. The van der Waals surface area contributed by atoms with E-state index in [2.05, 4.69) is 10.3 Å². The van der Waals surface area contributed by atoms with Crippen LogP contribution < -0.4 is 5.32 Å². The first-order valence-corrected chi connectivity index (χ1v) is 7.84. The number of amides is 1. The Morgan fingerprint density at radius 1 is 1.41 bits per heavy atom. The Kier molecular flexibility index (Phi) is 5.15. The minimum Gasteiger partial charge on any atom is -0.462 e. The predicted molar refractivity (Wildman–Crippen MR) is 86.9 cm³/mol. The summed E-state index contributed by atoms with van der Waals surface area (Å²) in [5.74, 6) is -0.859. The number of hydrogen-bond donors (Lipinski definition) is 1. The van der Waals surface area contributed by atoms with Gasteiger partial charge in [0.15, 0.2) is 0 Å². The van der Waals surface area contributed by atoms with Crippen LogP contribution in [0.5, 0.6) is 0 Å². The first-order chi connectivity index (χ1) is 10.5. The molecule has 0 aliphatic heterocycles. The molecule has 0 spiro atoms. The average Bonchev–Trinajstić information content (AvgIpc) is 2.74. The highest BCUT2D eigenvalue weighted by molar-refractivity contribution is 7.16. The molecule has 116 valence electrons. The van der Waals surface area contributed by atoms with Crippen LogP contribution in [0.2, 0.25) is 5.15 Å². The second-order valence-corrected chi connectivity index (χ2v) is 6.09. The number of esters is 1. The topological polar surface area (TPSA) is 68.3 Å². The van der Waals surface area contributed by atoms with E-state index in [1.807, 2.05) is 13.8 Å². The van der Waals surface area contributed by atoms with Crippen molar-refractivity contribution in [3.8, 4) is 0 Å². The van der Waals surface area contributed by atoms with Gasteiger partial charge < -0.3 is 10.1 Å². The number of hydrogen-bond acceptors (Lipinski definition) is 5. The summed E-state index contributed by atoms with van der Waals surface area (Å²) in [7, 11) is 0. The zero-order valence-corrected chi connectivity index (χ0v) is 14.0. The van der Waals surface area contributed by atoms with Crippen LogP contribution >= 0.6 is 22.9 Å². The Labute approximate surface area is 137 Å². The molecule has 0 aromatic carbocycles. The lowest BCUT2D eigenvalue weighted by Gasteiger charge is -2.07. The van der Waals surface area contributed by atoms with Crippen LogP contribution in [0.3, 0.4) is 0 Å². The van der Waals surface area contributed by atoms with E-state index in [1.54, 1.807) is 19.1 Å². The molecular weight excluding hydrogens is 324 g/mol. The third-order valence-electron chi connectivity index (χ3n) is 3.10. The first kappa shape index (κ1) is 16.5. The molecule has 0 bridgehead atoms. The van der Waals surface area contributed by atoms with Crippen molar-refractivity contribution in [2.45, 2.75) is 20.8 Å². The molecule has 0 aliphatic rings. The van der Waals surface area contributed by atoms with Gasteiger partial charge in [0.25, 0.3) is 5.91 Å². The van der Waals surface area contributed by atoms with Crippen molar-refractivity contribution in [1.29, 1.82) is 0 Å². The molecule has 2 heterocycles. The lowest BCUT2D eigenvalue weighted by atomic mass is 10.1. The minimum atomic E-state index is -0.447. The van der Waals surface area contributed by atoms with Crippen LogP contribution in [0.1, 0.15) is 38.1 Å². The fraction of sp³-hybridized carbons (Fsp3) is 0.267. The number of pyridine rings is 1. The van der Waals surface area contributed by atoms with Crippen molar-refractivity contribution < 1.29 is 14.3 Å². The molecule has 2 aromatic heterocycles. The van der Waals surface area contributed by atoms with E-state index in [0.717, 1.165) is 10.4 Å². The summed E-state index contributed by atoms with van der Waals surface area (Å²) >= 11 is 7.24. The van der Waals surface area contributed by atoms with Crippen molar-refractivity contribution in [1.82, 2.24) is 4.98 Å². The number of anilines is 1. The Morgan fingerprint density at radius 3 is 2.77 bits per heavy atom. The predicted octanol–water partition coefficient (Wildman–Crippen LogP) is 3.84. The number of aryl methyl sites for hydroxylation is 1. The molecule has 0 aliphatic carbocycles. The molecule has 5 nitrogen and oxygen atoms in total. The molecule has 0 fully saturated rings. The Hall–Kier alpha value is -1.92. The lowest BCUT2D eigenvalue weighted by molar-refractivity contribution is 0.0527. The third-order valence-corrected chi connectivity index (χ3v) is 4.52. The smallest absolute Gasteiger partial charge is 0.341 e. The van der Waals surface area contributed by atoms with Gasteiger partial charge in [0.2, 0.25) is 0 Å². The molecule has 0 saturated heterocycles. The molecule has 7 heteroatoms. The summed E-state index contributed by atoms with van der Waals surface area (Å²) in [6.07, 6.45) is 1.50. The van der Waals surface area contributed by atoms with Gasteiger partial charge in [-0.05, 0) is 38.5 Å². The van der Waals surface area contributed by atoms with Gasteiger partial charge in [0.1, 0.15) is 10.2 Å². The summed E-state index contributed by atoms with van der Waals surface area (Å²) in [5, 5.41) is 3.29. The van der Waals surface area contributed by atoms with Crippen LogP contribution in [0, 0.1) is 13.8 Å². The van der Waals surface area contributed by atoms with Crippen LogP contribution in [-0.2, 0) is 4.74 Å². The maximum Gasteiger partial charge on any atom is 0.341 e. The zero-order chi connectivity index (χ0) is 16.3. The van der Waals surface area contributed by atoms with Gasteiger partial charge >= 0.3 is 5.97 Å². The van der Waals surface area contributed by atoms with E-state index in [9.17, 15) is 9.59 Å². The van der Waals surface area contributed by atoms with Gasteiger partial charge in [-0.25, -0.2) is 9.78 Å². The van der Waals surface area contributed by atoms with E-state index >= 15 is 0 Å². The average molecular weight is 339 g/mol. The van der Waals surface area contributed by atoms with Crippen molar-refractivity contribution in [3.63, 3.8) is 0 Å². The van der Waals surface area contributed by atoms with Crippen molar-refractivity contribution >= 4 is 39.8 Å². The van der Waals surface area contributed by atoms with Gasteiger partial charge in [0.05, 0.1) is 17.7 Å². The second kappa shape index (κ2) is 6.89. The van der Waals surface area contributed by atoms with Gasteiger partial charge in [-0.15, -0.1) is 11.3 Å². The number of nitrogens with zero attached hydrogens (tertiary/aromatic N) is 1. The number of halogens is 1. The standard InChI is InChI=1S/C15H15ClN2O3S/c1-4-21-15(20)11-8(2)9(3)22-14(11)18-13(19)10-6-5-7-17-12(10)16/h5-7H,4H2,1-3H3,(H,18,19). The summed E-state index contributed by atoms with van der Waals surface area (Å²) in [6, 6.07) is 3.19. The summed E-state index contributed by atoms with van der Waals surface area (Å²) in [4.78, 5) is 29.2. The lowest BCUT2D eigenvalue weighted by Crippen LogP contribution is -2.15. The third kappa shape index (κ3) is 3.28. The first-order valence-electron chi connectivity index (χ1n) is 6.64. The van der Waals surface area contributed by atoms with E-state index in [-0.39, 0.29) is 17.3 Å². The van der Waals surface area contributed by atoms with E-state index < -0.39 is 11.9 Å². The number of rotatable bonds is 4. The summed E-state index contributed by atoms with van der Waals surface area (Å²) in [5.41, 5.74) is 1.44. The fourth-order valence-corrected chi connectivity index (χ4v) is 3.14. The number of carbonyl (C=O) groups is 2. The molecule has 1 amide bonds. The van der Waals surface area contributed by atoms with E-state index in [4.69, 9.17) is 16.3 Å². The van der Waals surface area contributed by atoms with E-state index in [1.165, 1.54) is 17.5 Å². The van der Waals surface area contributed by atoms with Crippen molar-refractivity contribution in [3.05, 3.63) is 45.1 Å². The molecule has 22 heavy (non-hydrogen) atoms. The number of nitrogens with one attached hydrogen (secondary N) is 1. The molecule has 2 rings (SSSR count). The number of carbonyl (C=O) groups excluding carboxylic acids is 2. The Balaban J connectivity index is 2.34. The maximum absolute atomic E-state index is 12.3. The Bertz CT molecular complexity index is 728. The monoisotopic (exact) mass is 338 g/mol. The quantitative estimate of drug-likeness (QED) is 0.679. The van der Waals surface area contributed by atoms with Crippen LogP contribution in [0.25, 0.3) is 0 Å².